The smallest absolute Gasteiger partial charge is 0.250 e. The fourth-order valence-electron chi connectivity index (χ4n) is 1.32. The fourth-order valence-corrected chi connectivity index (χ4v) is 3.08. The van der Waals surface area contributed by atoms with Crippen molar-refractivity contribution in [3.63, 3.8) is 0 Å². The molecule has 0 aliphatic rings. The average molecular weight is 210 g/mol. The molecule has 13 heavy (non-hydrogen) atoms. The summed E-state index contributed by atoms with van der Waals surface area (Å²) in [6.45, 7) is 9.22. The second kappa shape index (κ2) is 5.74. The van der Waals surface area contributed by atoms with Crippen molar-refractivity contribution >= 4 is 7.75 Å². The highest BCUT2D eigenvalue weighted by molar-refractivity contribution is 7.53. The van der Waals surface area contributed by atoms with E-state index in [0.29, 0.717) is 26.2 Å². The molecular formula is C8H20FN2OP. The van der Waals surface area contributed by atoms with Crippen molar-refractivity contribution in [2.24, 2.45) is 0 Å². The number of hydrogen-bond donors (Lipinski definition) is 0. The Hall–Kier alpha value is 0.0800. The van der Waals surface area contributed by atoms with Gasteiger partial charge in [0.2, 0.25) is 0 Å². The average Bonchev–Trinajstić information content (AvgIpc) is 2.07. The highest BCUT2D eigenvalue weighted by Crippen LogP contribution is 2.54. The summed E-state index contributed by atoms with van der Waals surface area (Å²) in [5.41, 5.74) is 0. The standard InChI is InChI=1S/C8H20FN2OP/c1-5-10(6-2)13(9,12)11(7-3)8-4/h5-8H2,1-4H3. The van der Waals surface area contributed by atoms with E-state index in [9.17, 15) is 8.76 Å². The highest BCUT2D eigenvalue weighted by atomic mass is 31.2. The van der Waals surface area contributed by atoms with Crippen LogP contribution < -0.4 is 0 Å². The summed E-state index contributed by atoms with van der Waals surface area (Å²) in [6.07, 6.45) is 0. The van der Waals surface area contributed by atoms with Crippen LogP contribution in [0.3, 0.4) is 0 Å². The third-order valence-electron chi connectivity index (χ3n) is 2.16. The van der Waals surface area contributed by atoms with Crippen LogP contribution in [0.4, 0.5) is 4.20 Å². The van der Waals surface area contributed by atoms with E-state index in [2.05, 4.69) is 0 Å². The molecule has 3 nitrogen and oxygen atoms in total. The Morgan fingerprint density at radius 3 is 1.31 bits per heavy atom. The second-order valence-electron chi connectivity index (χ2n) is 2.75. The third-order valence-corrected chi connectivity index (χ3v) is 4.68. The van der Waals surface area contributed by atoms with Crippen molar-refractivity contribution in [2.45, 2.75) is 27.7 Å². The van der Waals surface area contributed by atoms with Gasteiger partial charge in [-0.2, -0.15) is 4.20 Å². The monoisotopic (exact) mass is 210 g/mol. The van der Waals surface area contributed by atoms with Gasteiger partial charge in [-0.1, -0.05) is 27.7 Å². The van der Waals surface area contributed by atoms with E-state index in [-0.39, 0.29) is 0 Å². The number of rotatable bonds is 6. The van der Waals surface area contributed by atoms with Crippen LogP contribution in [0.5, 0.6) is 0 Å². The molecule has 0 aromatic rings. The third kappa shape index (κ3) is 3.04. The molecule has 0 aromatic heterocycles. The van der Waals surface area contributed by atoms with Crippen LogP contribution in [-0.4, -0.2) is 35.5 Å². The molecule has 0 heterocycles. The predicted molar refractivity (Wildman–Crippen MR) is 54.6 cm³/mol. The summed E-state index contributed by atoms with van der Waals surface area (Å²) < 4.78 is 28.3. The maximum atomic E-state index is 13.8. The van der Waals surface area contributed by atoms with Crippen molar-refractivity contribution in [3.8, 4) is 0 Å². The van der Waals surface area contributed by atoms with Crippen LogP contribution in [0.2, 0.25) is 0 Å². The molecule has 80 valence electrons. The van der Waals surface area contributed by atoms with E-state index in [4.69, 9.17) is 0 Å². The molecule has 0 unspecified atom stereocenters. The lowest BCUT2D eigenvalue weighted by Crippen LogP contribution is -2.29. The van der Waals surface area contributed by atoms with Gasteiger partial charge < -0.3 is 0 Å². The molecule has 0 rings (SSSR count). The second-order valence-corrected chi connectivity index (χ2v) is 4.83. The quantitative estimate of drug-likeness (QED) is 0.630. The van der Waals surface area contributed by atoms with Gasteiger partial charge >= 0.3 is 7.75 Å². The number of hydrogen-bond acceptors (Lipinski definition) is 1. The van der Waals surface area contributed by atoms with Gasteiger partial charge in [0, 0.05) is 26.2 Å². The summed E-state index contributed by atoms with van der Waals surface area (Å²) in [6, 6.07) is 0. The van der Waals surface area contributed by atoms with Gasteiger partial charge in [-0.3, -0.25) is 4.57 Å². The van der Waals surface area contributed by atoms with Crippen LogP contribution in [0.15, 0.2) is 0 Å². The van der Waals surface area contributed by atoms with Gasteiger partial charge in [0.15, 0.2) is 0 Å². The molecular weight excluding hydrogens is 190 g/mol. The maximum absolute atomic E-state index is 13.8. The van der Waals surface area contributed by atoms with Gasteiger partial charge in [0.1, 0.15) is 0 Å². The molecule has 0 aliphatic heterocycles. The van der Waals surface area contributed by atoms with Crippen LogP contribution in [0.25, 0.3) is 0 Å². The molecule has 0 saturated carbocycles. The van der Waals surface area contributed by atoms with Crippen molar-refractivity contribution < 1.29 is 8.76 Å². The summed E-state index contributed by atoms with van der Waals surface area (Å²) in [5, 5.41) is 0. The molecule has 0 aliphatic carbocycles. The van der Waals surface area contributed by atoms with Crippen LogP contribution in [0.1, 0.15) is 27.7 Å². The molecule has 0 atom stereocenters. The number of nitrogens with zero attached hydrogens (tertiary/aromatic N) is 2. The maximum Gasteiger partial charge on any atom is 0.382 e. The minimum Gasteiger partial charge on any atom is -0.250 e. The minimum absolute atomic E-state index is 0.487. The van der Waals surface area contributed by atoms with Crippen LogP contribution in [0, 0.1) is 0 Å². The zero-order valence-corrected chi connectivity index (χ0v) is 9.85. The fraction of sp³-hybridized carbons (Fsp3) is 1.00. The van der Waals surface area contributed by atoms with E-state index in [1.165, 1.54) is 9.34 Å². The summed E-state index contributed by atoms with van der Waals surface area (Å²) in [7, 11) is -3.75. The van der Waals surface area contributed by atoms with Crippen molar-refractivity contribution in [2.75, 3.05) is 26.2 Å². The molecule has 0 saturated heterocycles. The van der Waals surface area contributed by atoms with E-state index < -0.39 is 7.75 Å². The van der Waals surface area contributed by atoms with Gasteiger partial charge in [0.25, 0.3) is 0 Å². The van der Waals surface area contributed by atoms with E-state index in [1.54, 1.807) is 0 Å². The molecule has 0 spiro atoms. The Labute approximate surface area is 80.5 Å². The SMILES string of the molecule is CCN(CC)P(=O)(F)N(CC)CC. The molecule has 0 radical (unpaired) electrons. The Balaban J connectivity index is 4.59. The lowest BCUT2D eigenvalue weighted by molar-refractivity contribution is 0.322. The van der Waals surface area contributed by atoms with E-state index >= 15 is 0 Å². The van der Waals surface area contributed by atoms with Crippen LogP contribution >= 0.6 is 7.75 Å². The predicted octanol–water partition coefficient (Wildman–Crippen LogP) is 2.75. The Bertz CT molecular complexity index is 165. The van der Waals surface area contributed by atoms with Crippen molar-refractivity contribution in [1.82, 2.24) is 9.34 Å². The first-order valence-electron chi connectivity index (χ1n) is 4.84. The van der Waals surface area contributed by atoms with Crippen molar-refractivity contribution in [1.29, 1.82) is 0 Å². The first-order valence-corrected chi connectivity index (χ1v) is 6.35. The molecule has 0 bridgehead atoms. The Morgan fingerprint density at radius 2 is 1.15 bits per heavy atom. The molecule has 0 amide bonds. The van der Waals surface area contributed by atoms with Gasteiger partial charge in [-0.25, -0.2) is 9.34 Å². The normalized spacial score (nSPS) is 12.8. The minimum atomic E-state index is -3.75. The molecule has 0 fully saturated rings. The van der Waals surface area contributed by atoms with E-state index in [0.717, 1.165) is 0 Å². The van der Waals surface area contributed by atoms with Gasteiger partial charge in [0.05, 0.1) is 0 Å². The highest BCUT2D eigenvalue weighted by Gasteiger charge is 2.33. The lowest BCUT2D eigenvalue weighted by Gasteiger charge is -2.30. The van der Waals surface area contributed by atoms with E-state index in [1.807, 2.05) is 27.7 Å². The van der Waals surface area contributed by atoms with Gasteiger partial charge in [-0.15, -0.1) is 0 Å². The Morgan fingerprint density at radius 1 is 0.923 bits per heavy atom. The Kier molecular flexibility index (Phi) is 5.77. The first-order chi connectivity index (χ1) is 6.04. The molecule has 5 heteroatoms. The summed E-state index contributed by atoms with van der Waals surface area (Å²) >= 11 is 0. The largest absolute Gasteiger partial charge is 0.382 e. The lowest BCUT2D eigenvalue weighted by atomic mass is 10.7. The number of halogens is 1. The topological polar surface area (TPSA) is 23.6 Å². The zero-order chi connectivity index (χ0) is 10.5. The molecule has 0 aromatic carbocycles. The van der Waals surface area contributed by atoms with Crippen LogP contribution in [-0.2, 0) is 4.57 Å². The van der Waals surface area contributed by atoms with Crippen molar-refractivity contribution in [3.05, 3.63) is 0 Å². The zero-order valence-electron chi connectivity index (χ0n) is 8.96. The summed E-state index contributed by atoms with van der Waals surface area (Å²) in [4.78, 5) is 0. The molecule has 0 N–H and O–H groups in total. The van der Waals surface area contributed by atoms with Gasteiger partial charge in [-0.05, 0) is 0 Å². The first kappa shape index (κ1) is 13.1. The summed E-state index contributed by atoms with van der Waals surface area (Å²) in [5.74, 6) is 0.